The number of fused-ring (bicyclic) bond motifs is 3. The Kier molecular flexibility index (Phi) is 12.7. The zero-order chi connectivity index (χ0) is 36.3. The SMILES string of the molecule is CON(C)S(=O)(=O)CC1(CC(=O)C[C@H]2CCCCCCCCC[C@@H](C(=O)C(=O)NC3CC3)CC(=O)[C@@H]3[C@@H]4[C@H](CN3C2=O)C4(C)C)CCCCC1. The predicted octanol–water partition coefficient (Wildman–Crippen LogP) is 5.16. The normalized spacial score (nSPS) is 30.7. The van der Waals surface area contributed by atoms with E-state index in [1.807, 2.05) is 0 Å². The van der Waals surface area contributed by atoms with Crippen molar-refractivity contribution in [1.82, 2.24) is 14.7 Å². The molecular formula is C38H61N3O8S. The molecule has 5 atom stereocenters. The number of piperidine rings is 1. The molecule has 0 aromatic carbocycles. The first-order chi connectivity index (χ1) is 23.7. The number of hydroxylamine groups is 1. The van der Waals surface area contributed by atoms with Crippen molar-refractivity contribution in [3.63, 3.8) is 0 Å². The van der Waals surface area contributed by atoms with Gasteiger partial charge < -0.3 is 10.2 Å². The van der Waals surface area contributed by atoms with Crippen molar-refractivity contribution in [3.05, 3.63) is 0 Å². The molecule has 0 aromatic rings. The molecule has 0 bridgehead atoms. The van der Waals surface area contributed by atoms with Gasteiger partial charge in [0.15, 0.2) is 5.78 Å². The standard InChI is InChI=1S/C38H61N3O8S/c1-37(2)30-24-41-33(32(30)37)31(43)22-26(34(44)35(45)39-28-17-18-28)15-11-8-6-5-7-9-12-16-27(36(41)46)21-29(42)23-38(19-13-10-14-20-38)25-50(47,48)40(3)49-4/h26-28,30,32-33H,5-25H2,1-4H3,(H,39,45)/t26-,27-,30+,32+,33-/m1/s1. The zero-order valence-electron chi connectivity index (χ0n) is 30.9. The summed E-state index contributed by atoms with van der Waals surface area (Å²) in [6, 6.07) is -0.623. The number of rotatable bonds is 11. The highest BCUT2D eigenvalue weighted by Gasteiger charge is 2.69. The Balaban J connectivity index is 1.35. The van der Waals surface area contributed by atoms with Crippen molar-refractivity contribution < 1.29 is 37.2 Å². The van der Waals surface area contributed by atoms with Gasteiger partial charge in [-0.25, -0.2) is 8.42 Å². The summed E-state index contributed by atoms with van der Waals surface area (Å²) in [6.45, 7) is 4.70. The Morgan fingerprint density at radius 2 is 1.50 bits per heavy atom. The van der Waals surface area contributed by atoms with Gasteiger partial charge in [0, 0.05) is 50.7 Å². The second-order valence-corrected chi connectivity index (χ2v) is 18.9. The summed E-state index contributed by atoms with van der Waals surface area (Å²) in [5.74, 6) is -2.86. The van der Waals surface area contributed by atoms with Gasteiger partial charge in [0.25, 0.3) is 5.91 Å². The van der Waals surface area contributed by atoms with Crippen LogP contribution in [0.1, 0.15) is 136 Å². The molecule has 0 aromatic heterocycles. The van der Waals surface area contributed by atoms with E-state index in [-0.39, 0.29) is 65.8 Å². The summed E-state index contributed by atoms with van der Waals surface area (Å²) < 4.78 is 27.1. The van der Waals surface area contributed by atoms with E-state index >= 15 is 0 Å². The fraction of sp³-hybridized carbons (Fsp3) is 0.868. The molecular weight excluding hydrogens is 658 g/mol. The fourth-order valence-electron chi connectivity index (χ4n) is 9.49. The summed E-state index contributed by atoms with van der Waals surface area (Å²) in [7, 11) is -1.07. The molecule has 2 aliphatic heterocycles. The van der Waals surface area contributed by atoms with Crippen LogP contribution in [-0.2, 0) is 38.8 Å². The molecule has 2 amide bonds. The monoisotopic (exact) mass is 719 g/mol. The van der Waals surface area contributed by atoms with Crippen LogP contribution in [0.4, 0.5) is 0 Å². The van der Waals surface area contributed by atoms with Crippen LogP contribution in [0, 0.1) is 34.5 Å². The molecule has 3 aliphatic carbocycles. The number of hydrogen-bond acceptors (Lipinski definition) is 8. The fourth-order valence-corrected chi connectivity index (χ4v) is 11.1. The molecule has 50 heavy (non-hydrogen) atoms. The summed E-state index contributed by atoms with van der Waals surface area (Å²) in [4.78, 5) is 75.7. The summed E-state index contributed by atoms with van der Waals surface area (Å²) >= 11 is 0. The minimum atomic E-state index is -3.75. The highest BCUT2D eigenvalue weighted by Crippen LogP contribution is 2.65. The van der Waals surface area contributed by atoms with Crippen molar-refractivity contribution in [1.29, 1.82) is 0 Å². The van der Waals surface area contributed by atoms with Gasteiger partial charge >= 0.3 is 0 Å². The van der Waals surface area contributed by atoms with E-state index in [4.69, 9.17) is 4.84 Å². The number of sulfonamides is 1. The zero-order valence-corrected chi connectivity index (χ0v) is 31.7. The van der Waals surface area contributed by atoms with Crippen LogP contribution in [-0.4, -0.2) is 85.5 Å². The lowest BCUT2D eigenvalue weighted by molar-refractivity contribution is -0.146. The number of Topliss-reactive ketones (excluding diaryl/α,β-unsaturated/α-hetero) is 3. The molecule has 0 spiro atoms. The Labute approximate surface area is 299 Å². The Morgan fingerprint density at radius 1 is 0.900 bits per heavy atom. The maximum absolute atomic E-state index is 14.5. The third-order valence-corrected chi connectivity index (χ3v) is 14.7. The number of carbonyl (C=O) groups excluding carboxylic acids is 5. The minimum Gasteiger partial charge on any atom is -0.347 e. The lowest BCUT2D eigenvalue weighted by atomic mass is 9.71. The highest BCUT2D eigenvalue weighted by molar-refractivity contribution is 7.88. The van der Waals surface area contributed by atoms with Crippen LogP contribution >= 0.6 is 0 Å². The highest BCUT2D eigenvalue weighted by atomic mass is 32.2. The van der Waals surface area contributed by atoms with Gasteiger partial charge in [0.2, 0.25) is 21.7 Å². The van der Waals surface area contributed by atoms with Crippen molar-refractivity contribution in [2.45, 2.75) is 148 Å². The van der Waals surface area contributed by atoms with Crippen LogP contribution in [0.3, 0.4) is 0 Å². The average molecular weight is 720 g/mol. The molecule has 282 valence electrons. The van der Waals surface area contributed by atoms with Crippen molar-refractivity contribution in [2.24, 2.45) is 34.5 Å². The molecule has 1 N–H and O–H groups in total. The van der Waals surface area contributed by atoms with Gasteiger partial charge in [-0.1, -0.05) is 82.5 Å². The summed E-state index contributed by atoms with van der Waals surface area (Å²) in [6.07, 6.45) is 13.3. The average Bonchev–Trinajstić information content (AvgIpc) is 3.92. The van der Waals surface area contributed by atoms with Gasteiger partial charge in [0.1, 0.15) is 5.78 Å². The Hall–Kier alpha value is -2.18. The Bertz CT molecular complexity index is 1390. The summed E-state index contributed by atoms with van der Waals surface area (Å²) in [5, 5.41) is 2.81. The minimum absolute atomic E-state index is 0.0151. The second-order valence-electron chi connectivity index (χ2n) is 16.9. The van der Waals surface area contributed by atoms with Crippen molar-refractivity contribution >= 4 is 39.2 Å². The smallest absolute Gasteiger partial charge is 0.287 e. The maximum atomic E-state index is 14.5. The number of hydrogen-bond donors (Lipinski definition) is 1. The number of amides is 2. The van der Waals surface area contributed by atoms with Gasteiger partial charge in [-0.3, -0.25) is 28.8 Å². The van der Waals surface area contributed by atoms with Gasteiger partial charge in [0.05, 0.1) is 18.9 Å². The van der Waals surface area contributed by atoms with Gasteiger partial charge in [-0.05, 0) is 61.2 Å². The van der Waals surface area contributed by atoms with E-state index in [1.54, 1.807) is 4.90 Å². The largest absolute Gasteiger partial charge is 0.347 e. The van der Waals surface area contributed by atoms with E-state index in [1.165, 1.54) is 14.2 Å². The van der Waals surface area contributed by atoms with Crippen molar-refractivity contribution in [3.8, 4) is 0 Å². The van der Waals surface area contributed by atoms with E-state index < -0.39 is 45.0 Å². The van der Waals surface area contributed by atoms with Crippen LogP contribution in [0.25, 0.3) is 0 Å². The third-order valence-electron chi connectivity index (χ3n) is 12.8. The second kappa shape index (κ2) is 16.2. The van der Waals surface area contributed by atoms with Crippen LogP contribution < -0.4 is 5.32 Å². The quantitative estimate of drug-likeness (QED) is 0.228. The topological polar surface area (TPSA) is 147 Å². The van der Waals surface area contributed by atoms with Crippen molar-refractivity contribution in [2.75, 3.05) is 26.5 Å². The molecule has 2 heterocycles. The molecule has 12 heteroatoms. The van der Waals surface area contributed by atoms with Crippen LogP contribution in [0.2, 0.25) is 0 Å². The first-order valence-electron chi connectivity index (χ1n) is 19.4. The summed E-state index contributed by atoms with van der Waals surface area (Å²) in [5.41, 5.74) is -0.812. The molecule has 5 aliphatic rings. The molecule has 5 rings (SSSR count). The number of nitrogens with zero attached hydrogens (tertiary/aromatic N) is 2. The number of ketones is 3. The van der Waals surface area contributed by atoms with Crippen LogP contribution in [0.15, 0.2) is 0 Å². The maximum Gasteiger partial charge on any atom is 0.287 e. The molecule has 2 saturated heterocycles. The molecule has 3 saturated carbocycles. The van der Waals surface area contributed by atoms with E-state index in [9.17, 15) is 32.4 Å². The Morgan fingerprint density at radius 3 is 2.12 bits per heavy atom. The van der Waals surface area contributed by atoms with Gasteiger partial charge in [-0.15, -0.1) is 0 Å². The number of carbonyl (C=O) groups is 5. The van der Waals surface area contributed by atoms with Gasteiger partial charge in [-0.2, -0.15) is 0 Å². The van der Waals surface area contributed by atoms with Crippen LogP contribution in [0.5, 0.6) is 0 Å². The molecule has 5 fully saturated rings. The predicted molar refractivity (Wildman–Crippen MR) is 189 cm³/mol. The molecule has 0 radical (unpaired) electrons. The lowest BCUT2D eigenvalue weighted by Crippen LogP contribution is -2.49. The first kappa shape index (κ1) is 39.0. The van der Waals surface area contributed by atoms with E-state index in [2.05, 4.69) is 19.2 Å². The number of nitrogens with one attached hydrogen (secondary N) is 1. The lowest BCUT2D eigenvalue weighted by Gasteiger charge is -2.38. The molecule has 11 nitrogen and oxygen atoms in total. The third kappa shape index (κ3) is 9.24. The molecule has 0 unspecified atom stereocenters. The van der Waals surface area contributed by atoms with E-state index in [0.717, 1.165) is 81.5 Å². The van der Waals surface area contributed by atoms with E-state index in [0.29, 0.717) is 32.2 Å². The first-order valence-corrected chi connectivity index (χ1v) is 21.0.